The lowest BCUT2D eigenvalue weighted by molar-refractivity contribution is 0.954. The third-order valence-electron chi connectivity index (χ3n) is 5.02. The zero-order valence-electron chi connectivity index (χ0n) is 16.0. The van der Waals surface area contributed by atoms with Crippen molar-refractivity contribution in [1.29, 1.82) is 0 Å². The zero-order valence-corrected chi connectivity index (χ0v) is 16.0. The summed E-state index contributed by atoms with van der Waals surface area (Å²) in [6.07, 6.45) is 4.39. The van der Waals surface area contributed by atoms with Crippen LogP contribution in [-0.4, -0.2) is 0 Å². The highest BCUT2D eigenvalue weighted by molar-refractivity contribution is 5.45. The van der Waals surface area contributed by atoms with Crippen LogP contribution in [0, 0.1) is 0 Å². The molecule has 0 saturated heterocycles. The SMILES string of the molecule is CCc1ccc(CCc2ccc(CNc3ccc(CC)cc3)cc2)cc1. The van der Waals surface area contributed by atoms with Crippen LogP contribution >= 0.6 is 0 Å². The van der Waals surface area contributed by atoms with Crippen molar-refractivity contribution in [3.8, 4) is 0 Å². The van der Waals surface area contributed by atoms with Crippen LogP contribution in [0.4, 0.5) is 5.69 Å². The molecule has 0 saturated carbocycles. The Balaban J connectivity index is 1.49. The quantitative estimate of drug-likeness (QED) is 0.513. The molecule has 1 N–H and O–H groups in total. The largest absolute Gasteiger partial charge is 0.381 e. The summed E-state index contributed by atoms with van der Waals surface area (Å²) in [5.41, 5.74) is 8.12. The third-order valence-corrected chi connectivity index (χ3v) is 5.02. The summed E-state index contributed by atoms with van der Waals surface area (Å²) in [7, 11) is 0. The van der Waals surface area contributed by atoms with Gasteiger partial charge in [-0.15, -0.1) is 0 Å². The molecule has 1 heteroatoms. The van der Waals surface area contributed by atoms with Gasteiger partial charge < -0.3 is 5.32 Å². The predicted molar refractivity (Wildman–Crippen MR) is 113 cm³/mol. The van der Waals surface area contributed by atoms with Crippen molar-refractivity contribution >= 4 is 5.69 Å². The molecule has 0 amide bonds. The van der Waals surface area contributed by atoms with E-state index in [4.69, 9.17) is 0 Å². The Labute approximate surface area is 158 Å². The first-order chi connectivity index (χ1) is 12.8. The summed E-state index contributed by atoms with van der Waals surface area (Å²) < 4.78 is 0. The van der Waals surface area contributed by atoms with Gasteiger partial charge in [-0.2, -0.15) is 0 Å². The molecule has 26 heavy (non-hydrogen) atoms. The molecule has 0 radical (unpaired) electrons. The van der Waals surface area contributed by atoms with E-state index in [0.29, 0.717) is 0 Å². The van der Waals surface area contributed by atoms with Gasteiger partial charge in [-0.3, -0.25) is 0 Å². The van der Waals surface area contributed by atoms with E-state index < -0.39 is 0 Å². The Morgan fingerprint density at radius 2 is 0.885 bits per heavy atom. The van der Waals surface area contributed by atoms with Gasteiger partial charge in [0.25, 0.3) is 0 Å². The molecule has 1 nitrogen and oxygen atoms in total. The first kappa shape index (κ1) is 18.3. The maximum absolute atomic E-state index is 3.50. The van der Waals surface area contributed by atoms with Crippen molar-refractivity contribution in [3.63, 3.8) is 0 Å². The number of aryl methyl sites for hydroxylation is 4. The van der Waals surface area contributed by atoms with E-state index in [-0.39, 0.29) is 0 Å². The van der Waals surface area contributed by atoms with Gasteiger partial charge in [0, 0.05) is 12.2 Å². The molecule has 0 fully saturated rings. The van der Waals surface area contributed by atoms with Crippen molar-refractivity contribution in [1.82, 2.24) is 0 Å². The first-order valence-electron chi connectivity index (χ1n) is 9.75. The average molecular weight is 344 g/mol. The van der Waals surface area contributed by atoms with Crippen molar-refractivity contribution in [2.45, 2.75) is 46.1 Å². The smallest absolute Gasteiger partial charge is 0.0400 e. The second-order valence-corrected chi connectivity index (χ2v) is 6.89. The van der Waals surface area contributed by atoms with Crippen molar-refractivity contribution in [2.75, 3.05) is 5.32 Å². The Hall–Kier alpha value is -2.54. The second-order valence-electron chi connectivity index (χ2n) is 6.89. The third kappa shape index (κ3) is 5.23. The van der Waals surface area contributed by atoms with Gasteiger partial charge in [-0.1, -0.05) is 74.5 Å². The highest BCUT2D eigenvalue weighted by atomic mass is 14.9. The maximum atomic E-state index is 3.50. The molecule has 0 aliphatic carbocycles. The van der Waals surface area contributed by atoms with Gasteiger partial charge in [0.2, 0.25) is 0 Å². The summed E-state index contributed by atoms with van der Waals surface area (Å²) in [5, 5.41) is 3.50. The van der Waals surface area contributed by atoms with Gasteiger partial charge in [0.1, 0.15) is 0 Å². The maximum Gasteiger partial charge on any atom is 0.0400 e. The molecule has 3 aromatic rings. The molecule has 0 aliphatic rings. The molecule has 134 valence electrons. The van der Waals surface area contributed by atoms with Gasteiger partial charge in [0.05, 0.1) is 0 Å². The number of nitrogens with one attached hydrogen (secondary N) is 1. The highest BCUT2D eigenvalue weighted by Crippen LogP contribution is 2.14. The fourth-order valence-corrected chi connectivity index (χ4v) is 3.12. The molecule has 3 rings (SSSR count). The number of anilines is 1. The van der Waals surface area contributed by atoms with E-state index in [1.165, 1.54) is 33.5 Å². The number of benzene rings is 3. The summed E-state index contributed by atoms with van der Waals surface area (Å²) in [6, 6.07) is 26.7. The summed E-state index contributed by atoms with van der Waals surface area (Å²) in [5.74, 6) is 0. The lowest BCUT2D eigenvalue weighted by Gasteiger charge is -2.09. The topological polar surface area (TPSA) is 12.0 Å². The van der Waals surface area contributed by atoms with Gasteiger partial charge >= 0.3 is 0 Å². The number of hydrogen-bond donors (Lipinski definition) is 1. The van der Waals surface area contributed by atoms with E-state index in [9.17, 15) is 0 Å². The van der Waals surface area contributed by atoms with Crippen LogP contribution in [0.5, 0.6) is 0 Å². The average Bonchev–Trinajstić information content (AvgIpc) is 2.72. The van der Waals surface area contributed by atoms with Gasteiger partial charge in [-0.25, -0.2) is 0 Å². The predicted octanol–water partition coefficient (Wildman–Crippen LogP) is 6.21. The lowest BCUT2D eigenvalue weighted by atomic mass is 10.0. The fourth-order valence-electron chi connectivity index (χ4n) is 3.12. The van der Waals surface area contributed by atoms with Crippen LogP contribution in [0.2, 0.25) is 0 Å². The normalized spacial score (nSPS) is 10.7. The van der Waals surface area contributed by atoms with Crippen LogP contribution in [0.3, 0.4) is 0 Å². The van der Waals surface area contributed by atoms with Gasteiger partial charge in [-0.05, 0) is 65.6 Å². The van der Waals surface area contributed by atoms with Crippen LogP contribution in [0.15, 0.2) is 72.8 Å². The molecular formula is C25H29N. The minimum atomic E-state index is 0.865. The van der Waals surface area contributed by atoms with E-state index in [0.717, 1.165) is 32.2 Å². The molecule has 0 spiro atoms. The molecule has 0 bridgehead atoms. The Bertz CT molecular complexity index is 713. The standard InChI is InChI=1S/C25H29N/c1-3-20-5-7-22(8-6-20)9-10-23-11-13-24(14-12-23)19-26-25-17-15-21(4-2)16-18-25/h5-8,11-18,26H,3-4,9-10,19H2,1-2H3. The zero-order chi connectivity index (χ0) is 18.2. The second kappa shape index (κ2) is 9.24. The van der Waals surface area contributed by atoms with Gasteiger partial charge in [0.15, 0.2) is 0 Å². The van der Waals surface area contributed by atoms with Crippen molar-refractivity contribution in [3.05, 3.63) is 101 Å². The monoisotopic (exact) mass is 343 g/mol. The number of hydrogen-bond acceptors (Lipinski definition) is 1. The van der Waals surface area contributed by atoms with Crippen LogP contribution in [0.1, 0.15) is 41.7 Å². The minimum absolute atomic E-state index is 0.865. The van der Waals surface area contributed by atoms with E-state index in [2.05, 4.69) is 92.0 Å². The Morgan fingerprint density at radius 1 is 0.500 bits per heavy atom. The lowest BCUT2D eigenvalue weighted by Crippen LogP contribution is -2.00. The van der Waals surface area contributed by atoms with E-state index in [1.807, 2.05) is 0 Å². The molecule has 0 aromatic heterocycles. The molecule has 0 heterocycles. The summed E-state index contributed by atoms with van der Waals surface area (Å²) in [4.78, 5) is 0. The fraction of sp³-hybridized carbons (Fsp3) is 0.280. The van der Waals surface area contributed by atoms with Crippen molar-refractivity contribution < 1.29 is 0 Å². The van der Waals surface area contributed by atoms with Crippen LogP contribution in [0.25, 0.3) is 0 Å². The molecule has 0 unspecified atom stereocenters. The summed E-state index contributed by atoms with van der Waals surface area (Å²) in [6.45, 7) is 5.25. The highest BCUT2D eigenvalue weighted by Gasteiger charge is 1.99. The Kier molecular flexibility index (Phi) is 6.49. The Morgan fingerprint density at radius 3 is 1.35 bits per heavy atom. The van der Waals surface area contributed by atoms with Crippen LogP contribution in [-0.2, 0) is 32.2 Å². The van der Waals surface area contributed by atoms with Crippen LogP contribution < -0.4 is 5.32 Å². The summed E-state index contributed by atoms with van der Waals surface area (Å²) >= 11 is 0. The molecule has 0 aliphatic heterocycles. The van der Waals surface area contributed by atoms with E-state index in [1.54, 1.807) is 0 Å². The number of rotatable bonds is 8. The minimum Gasteiger partial charge on any atom is -0.381 e. The molecular weight excluding hydrogens is 314 g/mol. The van der Waals surface area contributed by atoms with E-state index >= 15 is 0 Å². The van der Waals surface area contributed by atoms with Crippen molar-refractivity contribution in [2.24, 2.45) is 0 Å². The molecule has 0 atom stereocenters. The first-order valence-corrected chi connectivity index (χ1v) is 9.75. The molecule has 3 aromatic carbocycles.